The molecule has 2 aromatic heterocycles. The summed E-state index contributed by atoms with van der Waals surface area (Å²) in [6.07, 6.45) is 9.28. The largest absolute Gasteiger partial charge is 0.398 e. The number of anilines is 1. The minimum Gasteiger partial charge on any atom is -0.398 e. The minimum atomic E-state index is -4.34. The van der Waals surface area contributed by atoms with E-state index in [4.69, 9.17) is 5.73 Å². The van der Waals surface area contributed by atoms with E-state index in [-0.39, 0.29) is 10.6 Å². The van der Waals surface area contributed by atoms with Crippen molar-refractivity contribution in [3.8, 4) is 0 Å². The molecule has 0 saturated carbocycles. The number of nitrogens with two attached hydrogens (primary N) is 1. The molecule has 0 aliphatic heterocycles. The summed E-state index contributed by atoms with van der Waals surface area (Å²) < 4.78 is 31.9. The average molecular weight is 413 g/mol. The fraction of sp³-hybridized carbons (Fsp3) is 0. The van der Waals surface area contributed by atoms with E-state index in [1.165, 1.54) is 31.4 Å². The molecule has 0 aliphatic rings. The monoisotopic (exact) mass is 413 g/mol. The summed E-state index contributed by atoms with van der Waals surface area (Å²) in [7, 11) is -4.34. The molecule has 0 aliphatic carbocycles. The van der Waals surface area contributed by atoms with Crippen LogP contribution >= 0.6 is 0 Å². The number of nitrogens with zero attached hydrogens (tertiary/aromatic N) is 4. The highest BCUT2D eigenvalue weighted by atomic mass is 32.2. The third kappa shape index (κ3) is 7.74. The summed E-state index contributed by atoms with van der Waals surface area (Å²) in [5, 5.41) is 12.0. The third-order valence-electron chi connectivity index (χ3n) is 3.25. The van der Waals surface area contributed by atoms with E-state index in [0.717, 1.165) is 5.56 Å². The van der Waals surface area contributed by atoms with E-state index >= 15 is 0 Å². The van der Waals surface area contributed by atoms with E-state index in [0.29, 0.717) is 5.56 Å². The van der Waals surface area contributed by atoms with Gasteiger partial charge in [0.25, 0.3) is 10.1 Å². The van der Waals surface area contributed by atoms with Gasteiger partial charge in [-0.25, -0.2) is 9.97 Å². The third-order valence-corrected chi connectivity index (χ3v) is 4.24. The fourth-order valence-electron chi connectivity index (χ4n) is 2.09. The number of aromatic amines is 2. The first kappa shape index (κ1) is 21.5. The van der Waals surface area contributed by atoms with E-state index in [2.05, 4.69) is 30.4 Å². The molecular formula is C18H19N7O3S. The zero-order valence-electron chi connectivity index (χ0n) is 15.1. The molecule has 0 spiro atoms. The maximum atomic E-state index is 11.3. The quantitative estimate of drug-likeness (QED) is 0.226. The van der Waals surface area contributed by atoms with Crippen LogP contribution in [-0.4, -0.2) is 43.3 Å². The van der Waals surface area contributed by atoms with Crippen molar-refractivity contribution in [2.24, 2.45) is 0 Å². The standard InChI is InChI=1S/C14H13NO3S.2C2H3N3/c15-13-8-4-7-12(14(13)19(16,17)18)10-9-11-5-2-1-3-6-11;2*1-3-2-5-4-1/h1-10H,15H2,(H,16,17,18);2*1-2H,(H,3,4,5). The molecule has 0 amide bonds. The zero-order valence-corrected chi connectivity index (χ0v) is 15.9. The number of rotatable bonds is 3. The Labute approximate surface area is 167 Å². The Morgan fingerprint density at radius 1 is 0.862 bits per heavy atom. The van der Waals surface area contributed by atoms with Crippen molar-refractivity contribution in [1.82, 2.24) is 30.4 Å². The predicted octanol–water partition coefficient (Wildman–Crippen LogP) is 2.30. The summed E-state index contributed by atoms with van der Waals surface area (Å²) >= 11 is 0. The number of H-pyrrole nitrogens is 2. The van der Waals surface area contributed by atoms with Gasteiger partial charge in [-0.15, -0.1) is 0 Å². The summed E-state index contributed by atoms with van der Waals surface area (Å²) in [5.41, 5.74) is 6.90. The first-order chi connectivity index (χ1) is 14.0. The Morgan fingerprint density at radius 2 is 1.48 bits per heavy atom. The average Bonchev–Trinajstić information content (AvgIpc) is 3.45. The second-order valence-electron chi connectivity index (χ2n) is 5.29. The molecule has 4 aromatic rings. The van der Waals surface area contributed by atoms with Gasteiger partial charge < -0.3 is 5.73 Å². The molecule has 0 bridgehead atoms. The van der Waals surface area contributed by atoms with Crippen LogP contribution in [0.5, 0.6) is 0 Å². The lowest BCUT2D eigenvalue weighted by atomic mass is 10.1. The van der Waals surface area contributed by atoms with Gasteiger partial charge >= 0.3 is 0 Å². The molecule has 10 nitrogen and oxygen atoms in total. The van der Waals surface area contributed by atoms with Crippen LogP contribution in [0.1, 0.15) is 11.1 Å². The van der Waals surface area contributed by atoms with Crippen molar-refractivity contribution >= 4 is 28.0 Å². The van der Waals surface area contributed by atoms with Crippen LogP contribution in [0.2, 0.25) is 0 Å². The van der Waals surface area contributed by atoms with Crippen LogP contribution < -0.4 is 5.73 Å². The molecule has 4 rings (SSSR count). The smallest absolute Gasteiger partial charge is 0.297 e. The highest BCUT2D eigenvalue weighted by Crippen LogP contribution is 2.24. The molecule has 29 heavy (non-hydrogen) atoms. The Kier molecular flexibility index (Phi) is 8.23. The second-order valence-corrected chi connectivity index (χ2v) is 6.65. The minimum absolute atomic E-state index is 0.0257. The Morgan fingerprint density at radius 3 is 1.93 bits per heavy atom. The maximum Gasteiger partial charge on any atom is 0.297 e. The van der Waals surface area contributed by atoms with Crippen LogP contribution in [0.3, 0.4) is 0 Å². The molecule has 0 unspecified atom stereocenters. The molecule has 11 heteroatoms. The topological polar surface area (TPSA) is 164 Å². The van der Waals surface area contributed by atoms with Crippen LogP contribution in [0.25, 0.3) is 12.2 Å². The number of nitrogen functional groups attached to an aromatic ring is 1. The van der Waals surface area contributed by atoms with Gasteiger partial charge in [0.15, 0.2) is 0 Å². The lowest BCUT2D eigenvalue weighted by molar-refractivity contribution is 0.483. The molecule has 2 heterocycles. The number of aromatic nitrogens is 6. The first-order valence-corrected chi connectivity index (χ1v) is 9.59. The number of hydrogen-bond acceptors (Lipinski definition) is 7. The fourth-order valence-corrected chi connectivity index (χ4v) is 2.89. The summed E-state index contributed by atoms with van der Waals surface area (Å²) in [6, 6.07) is 14.1. The maximum absolute atomic E-state index is 11.3. The molecule has 5 N–H and O–H groups in total. The van der Waals surface area contributed by atoms with Crippen molar-refractivity contribution in [1.29, 1.82) is 0 Å². The second kappa shape index (κ2) is 11.1. The Hall–Kier alpha value is -3.83. The van der Waals surface area contributed by atoms with Gasteiger partial charge in [-0.3, -0.25) is 14.8 Å². The SMILES string of the molecule is Nc1cccc(C=Cc2ccccc2)c1S(=O)(=O)O.c1nc[nH]n1.c1nc[nH]n1. The van der Waals surface area contributed by atoms with Crippen molar-refractivity contribution in [3.63, 3.8) is 0 Å². The van der Waals surface area contributed by atoms with Gasteiger partial charge in [0, 0.05) is 0 Å². The van der Waals surface area contributed by atoms with Gasteiger partial charge in [-0.1, -0.05) is 54.6 Å². The Bertz CT molecular complexity index is 1020. The van der Waals surface area contributed by atoms with Gasteiger partial charge in [0.05, 0.1) is 5.69 Å². The van der Waals surface area contributed by atoms with Crippen molar-refractivity contribution in [3.05, 3.63) is 85.0 Å². The molecule has 0 radical (unpaired) electrons. The highest BCUT2D eigenvalue weighted by Gasteiger charge is 2.17. The normalized spacial score (nSPS) is 10.5. The lowest BCUT2D eigenvalue weighted by Crippen LogP contribution is -2.05. The number of nitrogens with one attached hydrogen (secondary N) is 2. The van der Waals surface area contributed by atoms with Crippen molar-refractivity contribution in [2.75, 3.05) is 5.73 Å². The molecular weight excluding hydrogens is 394 g/mol. The van der Waals surface area contributed by atoms with Crippen LogP contribution in [-0.2, 0) is 10.1 Å². The first-order valence-electron chi connectivity index (χ1n) is 8.15. The molecule has 0 saturated heterocycles. The Balaban J connectivity index is 0.000000242. The van der Waals surface area contributed by atoms with Gasteiger partial charge in [0.1, 0.15) is 30.2 Å². The van der Waals surface area contributed by atoms with E-state index in [1.807, 2.05) is 30.3 Å². The number of hydrogen-bond donors (Lipinski definition) is 4. The van der Waals surface area contributed by atoms with E-state index in [1.54, 1.807) is 24.3 Å². The van der Waals surface area contributed by atoms with Crippen molar-refractivity contribution < 1.29 is 13.0 Å². The summed E-state index contributed by atoms with van der Waals surface area (Å²) in [5.74, 6) is 0. The zero-order chi connectivity index (χ0) is 21.0. The van der Waals surface area contributed by atoms with E-state index in [9.17, 15) is 13.0 Å². The lowest BCUT2D eigenvalue weighted by Gasteiger charge is -2.06. The van der Waals surface area contributed by atoms with Crippen LogP contribution in [0.4, 0.5) is 5.69 Å². The van der Waals surface area contributed by atoms with Crippen molar-refractivity contribution in [2.45, 2.75) is 4.90 Å². The molecule has 0 fully saturated rings. The van der Waals surface area contributed by atoms with Gasteiger partial charge in [-0.2, -0.15) is 18.6 Å². The highest BCUT2D eigenvalue weighted by molar-refractivity contribution is 7.86. The molecule has 0 atom stereocenters. The van der Waals surface area contributed by atoms with Crippen LogP contribution in [0.15, 0.2) is 78.7 Å². The van der Waals surface area contributed by atoms with Crippen LogP contribution in [0, 0.1) is 0 Å². The molecule has 150 valence electrons. The molecule has 2 aromatic carbocycles. The van der Waals surface area contributed by atoms with Gasteiger partial charge in [0.2, 0.25) is 0 Å². The van der Waals surface area contributed by atoms with Gasteiger partial charge in [-0.05, 0) is 17.2 Å². The summed E-state index contributed by atoms with van der Waals surface area (Å²) in [6.45, 7) is 0. The van der Waals surface area contributed by atoms with E-state index < -0.39 is 10.1 Å². The number of benzene rings is 2. The summed E-state index contributed by atoms with van der Waals surface area (Å²) in [4.78, 5) is 6.85. The predicted molar refractivity (Wildman–Crippen MR) is 109 cm³/mol.